The van der Waals surface area contributed by atoms with Gasteiger partial charge in [-0.05, 0) is 30.2 Å². The lowest BCUT2D eigenvalue weighted by Crippen LogP contribution is -2.09. The molecule has 0 aliphatic heterocycles. The van der Waals surface area contributed by atoms with E-state index in [4.69, 9.17) is 4.74 Å². The number of Topliss-reactive ketones (excluding diaryl/α,β-unsaturated/α-hetero) is 1. The van der Waals surface area contributed by atoms with Crippen LogP contribution in [0.15, 0.2) is 83.7 Å². The molecule has 1 heterocycles. The maximum Gasteiger partial charge on any atom is 0.248 e. The lowest BCUT2D eigenvalue weighted by molar-refractivity contribution is 0.101. The molecule has 0 unspecified atom stereocenters. The van der Waals surface area contributed by atoms with Crippen LogP contribution in [0, 0.1) is 0 Å². The van der Waals surface area contributed by atoms with Crippen molar-refractivity contribution in [1.29, 1.82) is 0 Å². The fraction of sp³-hybridized carbons (Fsp3) is 0.120. The van der Waals surface area contributed by atoms with E-state index in [-0.39, 0.29) is 11.3 Å². The van der Waals surface area contributed by atoms with Crippen LogP contribution in [0.4, 0.5) is 0 Å². The van der Waals surface area contributed by atoms with Gasteiger partial charge in [0.1, 0.15) is 12.4 Å². The molecular formula is C25H21NO3. The van der Waals surface area contributed by atoms with Crippen molar-refractivity contribution >= 4 is 16.7 Å². The molecule has 1 aromatic heterocycles. The standard InChI is InChI=1S/C25H21NO3/c1-17(27)22-15-20(14-18-8-4-2-5-9-18)25(24-21(22)12-13-23(28)26-24)29-16-19-10-6-3-7-11-19/h2-13,15H,14,16H2,1H3,(H,26,28). The normalized spacial score (nSPS) is 10.8. The average Bonchev–Trinajstić information content (AvgIpc) is 2.73. The number of carbonyl (C=O) groups is 1. The van der Waals surface area contributed by atoms with Crippen molar-refractivity contribution < 1.29 is 9.53 Å². The molecule has 29 heavy (non-hydrogen) atoms. The molecule has 0 radical (unpaired) electrons. The van der Waals surface area contributed by atoms with Crippen LogP contribution in [0.2, 0.25) is 0 Å². The van der Waals surface area contributed by atoms with E-state index in [1.807, 2.05) is 66.7 Å². The number of benzene rings is 3. The molecular weight excluding hydrogens is 362 g/mol. The quantitative estimate of drug-likeness (QED) is 0.482. The molecule has 0 spiro atoms. The van der Waals surface area contributed by atoms with E-state index in [1.54, 1.807) is 6.07 Å². The SMILES string of the molecule is CC(=O)c1cc(Cc2ccccc2)c(OCc2ccccc2)c2[nH]c(=O)ccc12. The number of nitrogens with one attached hydrogen (secondary N) is 1. The van der Waals surface area contributed by atoms with E-state index in [2.05, 4.69) is 4.98 Å². The zero-order valence-electron chi connectivity index (χ0n) is 16.1. The molecule has 4 aromatic rings. The van der Waals surface area contributed by atoms with Gasteiger partial charge in [0, 0.05) is 29.0 Å². The van der Waals surface area contributed by atoms with Gasteiger partial charge in [-0.25, -0.2) is 0 Å². The average molecular weight is 383 g/mol. The number of aromatic nitrogens is 1. The smallest absolute Gasteiger partial charge is 0.248 e. The Morgan fingerprint density at radius 1 is 0.897 bits per heavy atom. The minimum absolute atomic E-state index is 0.0500. The molecule has 4 nitrogen and oxygen atoms in total. The first-order valence-corrected chi connectivity index (χ1v) is 9.52. The van der Waals surface area contributed by atoms with Crippen LogP contribution in [0.1, 0.15) is 34.0 Å². The summed E-state index contributed by atoms with van der Waals surface area (Å²) >= 11 is 0. The number of carbonyl (C=O) groups excluding carboxylic acids is 1. The molecule has 0 fully saturated rings. The van der Waals surface area contributed by atoms with Gasteiger partial charge in [0.25, 0.3) is 0 Å². The van der Waals surface area contributed by atoms with E-state index in [0.717, 1.165) is 16.7 Å². The van der Waals surface area contributed by atoms with Gasteiger partial charge in [-0.1, -0.05) is 60.7 Å². The fourth-order valence-corrected chi connectivity index (χ4v) is 3.49. The molecule has 4 heteroatoms. The Hall–Kier alpha value is -3.66. The number of ether oxygens (including phenoxy) is 1. The number of fused-ring (bicyclic) bond motifs is 1. The number of hydrogen-bond donors (Lipinski definition) is 1. The van der Waals surface area contributed by atoms with Crippen LogP contribution in [0.25, 0.3) is 10.9 Å². The number of rotatable bonds is 6. The number of aromatic amines is 1. The molecule has 0 amide bonds. The summed E-state index contributed by atoms with van der Waals surface area (Å²) in [5.74, 6) is 0.557. The van der Waals surface area contributed by atoms with Crippen molar-refractivity contribution in [3.63, 3.8) is 0 Å². The highest BCUT2D eigenvalue weighted by molar-refractivity contribution is 6.08. The first kappa shape index (κ1) is 18.7. The second-order valence-corrected chi connectivity index (χ2v) is 7.02. The molecule has 4 rings (SSSR count). The van der Waals surface area contributed by atoms with Gasteiger partial charge >= 0.3 is 0 Å². The molecule has 0 bridgehead atoms. The summed E-state index contributed by atoms with van der Waals surface area (Å²) in [5, 5.41) is 0.692. The molecule has 1 N–H and O–H groups in total. The predicted octanol–water partition coefficient (Wildman–Crippen LogP) is 4.90. The van der Waals surface area contributed by atoms with E-state index < -0.39 is 0 Å². The van der Waals surface area contributed by atoms with Gasteiger partial charge in [0.2, 0.25) is 5.56 Å². The van der Waals surface area contributed by atoms with Gasteiger partial charge in [-0.15, -0.1) is 0 Å². The third-order valence-electron chi connectivity index (χ3n) is 4.89. The second-order valence-electron chi connectivity index (χ2n) is 7.02. The van der Waals surface area contributed by atoms with Crippen LogP contribution in [0.5, 0.6) is 5.75 Å². The molecule has 144 valence electrons. The lowest BCUT2D eigenvalue weighted by atomic mass is 9.96. The summed E-state index contributed by atoms with van der Waals surface area (Å²) in [4.78, 5) is 27.3. The zero-order valence-corrected chi connectivity index (χ0v) is 16.1. The van der Waals surface area contributed by atoms with Gasteiger partial charge in [-0.3, -0.25) is 9.59 Å². The topological polar surface area (TPSA) is 59.2 Å². The highest BCUT2D eigenvalue weighted by Gasteiger charge is 2.17. The minimum atomic E-state index is -0.228. The van der Waals surface area contributed by atoms with Crippen molar-refractivity contribution in [3.8, 4) is 5.75 Å². The monoisotopic (exact) mass is 383 g/mol. The Bertz CT molecular complexity index is 1210. The number of hydrogen-bond acceptors (Lipinski definition) is 3. The maximum absolute atomic E-state index is 12.3. The van der Waals surface area contributed by atoms with Crippen LogP contribution < -0.4 is 10.3 Å². The molecule has 3 aromatic carbocycles. The summed E-state index contributed by atoms with van der Waals surface area (Å²) in [7, 11) is 0. The van der Waals surface area contributed by atoms with E-state index in [1.165, 1.54) is 13.0 Å². The molecule has 0 atom stereocenters. The lowest BCUT2D eigenvalue weighted by Gasteiger charge is -2.17. The van der Waals surface area contributed by atoms with Crippen molar-refractivity contribution in [2.75, 3.05) is 0 Å². The summed E-state index contributed by atoms with van der Waals surface area (Å²) in [6, 6.07) is 24.9. The Morgan fingerprint density at radius 3 is 2.21 bits per heavy atom. The summed E-state index contributed by atoms with van der Waals surface area (Å²) in [5.41, 5.74) is 3.91. The molecule has 0 aliphatic rings. The summed E-state index contributed by atoms with van der Waals surface area (Å²) in [6.07, 6.45) is 0.595. The molecule has 0 saturated heterocycles. The third-order valence-corrected chi connectivity index (χ3v) is 4.89. The Labute approximate surface area is 168 Å². The maximum atomic E-state index is 12.3. The van der Waals surface area contributed by atoms with Gasteiger partial charge in [0.15, 0.2) is 5.78 Å². The van der Waals surface area contributed by atoms with E-state index in [9.17, 15) is 9.59 Å². The Kier molecular flexibility index (Phi) is 5.25. The van der Waals surface area contributed by atoms with Crippen molar-refractivity contribution in [2.45, 2.75) is 20.0 Å². The van der Waals surface area contributed by atoms with Crippen LogP contribution in [-0.2, 0) is 13.0 Å². The third kappa shape index (κ3) is 4.11. The summed E-state index contributed by atoms with van der Waals surface area (Å²) in [6.45, 7) is 1.91. The van der Waals surface area contributed by atoms with Gasteiger partial charge in [0.05, 0.1) is 5.52 Å². The first-order valence-electron chi connectivity index (χ1n) is 9.52. The number of pyridine rings is 1. The van der Waals surface area contributed by atoms with Crippen molar-refractivity contribution in [3.05, 3.63) is 111 Å². The fourth-order valence-electron chi connectivity index (χ4n) is 3.49. The van der Waals surface area contributed by atoms with Gasteiger partial charge in [-0.2, -0.15) is 0 Å². The number of ketones is 1. The van der Waals surface area contributed by atoms with E-state index in [0.29, 0.717) is 35.2 Å². The summed E-state index contributed by atoms with van der Waals surface area (Å²) < 4.78 is 6.22. The second kappa shape index (κ2) is 8.15. The molecule has 0 aliphatic carbocycles. The van der Waals surface area contributed by atoms with E-state index >= 15 is 0 Å². The predicted molar refractivity (Wildman–Crippen MR) is 115 cm³/mol. The number of H-pyrrole nitrogens is 1. The molecule has 0 saturated carbocycles. The minimum Gasteiger partial charge on any atom is -0.486 e. The Balaban J connectivity index is 1.87. The van der Waals surface area contributed by atoms with Crippen LogP contribution >= 0.6 is 0 Å². The van der Waals surface area contributed by atoms with Crippen molar-refractivity contribution in [1.82, 2.24) is 4.98 Å². The van der Waals surface area contributed by atoms with Gasteiger partial charge < -0.3 is 9.72 Å². The zero-order chi connectivity index (χ0) is 20.2. The highest BCUT2D eigenvalue weighted by atomic mass is 16.5. The Morgan fingerprint density at radius 2 is 1.55 bits per heavy atom. The van der Waals surface area contributed by atoms with Crippen LogP contribution in [-0.4, -0.2) is 10.8 Å². The highest BCUT2D eigenvalue weighted by Crippen LogP contribution is 2.33. The van der Waals surface area contributed by atoms with Crippen molar-refractivity contribution in [2.24, 2.45) is 0 Å². The first-order chi connectivity index (χ1) is 14.1. The largest absolute Gasteiger partial charge is 0.486 e. The van der Waals surface area contributed by atoms with Crippen LogP contribution in [0.3, 0.4) is 0 Å².